The summed E-state index contributed by atoms with van der Waals surface area (Å²) in [5, 5.41) is 18.1. The quantitative estimate of drug-likeness (QED) is 0.173. The van der Waals surface area contributed by atoms with Gasteiger partial charge in [0.25, 0.3) is 0 Å². The van der Waals surface area contributed by atoms with Crippen LogP contribution in [0.5, 0.6) is 0 Å². The van der Waals surface area contributed by atoms with Gasteiger partial charge < -0.3 is 10.4 Å². The molecule has 234 valence electrons. The first-order valence-corrected chi connectivity index (χ1v) is 17.4. The Hall–Kier alpha value is -3.75. The van der Waals surface area contributed by atoms with Gasteiger partial charge in [0.1, 0.15) is 21.8 Å². The van der Waals surface area contributed by atoms with Gasteiger partial charge in [-0.2, -0.15) is 0 Å². The molecule has 1 aliphatic carbocycles. The van der Waals surface area contributed by atoms with E-state index in [0.717, 1.165) is 17.5 Å². The predicted octanol–water partition coefficient (Wildman–Crippen LogP) is 5.97. The molecular formula is C31H37N5O6S2. The molecule has 0 radical (unpaired) electrons. The highest BCUT2D eigenvalue weighted by Gasteiger charge is 2.50. The summed E-state index contributed by atoms with van der Waals surface area (Å²) in [5.74, 6) is -1.01. The smallest absolute Gasteiger partial charge is 0.229 e. The average molecular weight is 640 g/mol. The molecule has 0 amide bonds. The number of fused-ring (bicyclic) bond motifs is 2. The number of Topliss-reactive ketones (excluding diaryl/α,β-unsaturated/α-hetero) is 1. The maximum atomic E-state index is 14.8. The van der Waals surface area contributed by atoms with Crippen molar-refractivity contribution in [3.05, 3.63) is 88.8 Å². The molecule has 2 aliphatic rings. The molecule has 0 saturated carbocycles. The first kappa shape index (κ1) is 31.7. The molecule has 2 heterocycles. The molecule has 1 aliphatic heterocycles. The molecule has 3 aromatic rings. The maximum absolute atomic E-state index is 14.8. The summed E-state index contributed by atoms with van der Waals surface area (Å²) < 4.78 is 52.2. The van der Waals surface area contributed by atoms with Crippen LogP contribution in [0.25, 0.3) is 5.76 Å². The van der Waals surface area contributed by atoms with Crippen LogP contribution in [-0.2, 0) is 26.9 Å². The Balaban J connectivity index is 1.64. The number of sulfonamides is 1. The van der Waals surface area contributed by atoms with Gasteiger partial charge in [0.15, 0.2) is 11.6 Å². The molecule has 1 aromatic heterocycles. The Morgan fingerprint density at radius 3 is 2.48 bits per heavy atom. The topological polar surface area (TPSA) is 173 Å². The van der Waals surface area contributed by atoms with Crippen molar-refractivity contribution in [2.24, 2.45) is 9.81 Å². The largest absolute Gasteiger partial charge is 0.506 e. The van der Waals surface area contributed by atoms with Gasteiger partial charge in [0.2, 0.25) is 10.0 Å². The number of carbonyl (C=O) groups excluding carboxylic acids is 1. The van der Waals surface area contributed by atoms with Crippen LogP contribution in [0.15, 0.2) is 75.7 Å². The second kappa shape index (κ2) is 11.3. The van der Waals surface area contributed by atoms with Crippen LogP contribution in [0.1, 0.15) is 56.0 Å². The molecule has 44 heavy (non-hydrogen) atoms. The first-order valence-electron chi connectivity index (χ1n) is 14.0. The lowest BCUT2D eigenvalue weighted by atomic mass is 9.69. The Labute approximate surface area is 259 Å². The Morgan fingerprint density at radius 2 is 1.80 bits per heavy atom. The fourth-order valence-electron chi connectivity index (χ4n) is 5.45. The lowest BCUT2D eigenvalue weighted by Crippen LogP contribution is -2.54. The van der Waals surface area contributed by atoms with Gasteiger partial charge in [-0.3, -0.25) is 28.9 Å². The summed E-state index contributed by atoms with van der Waals surface area (Å²) in [6, 6.07) is 15.1. The highest BCUT2D eigenvalue weighted by atomic mass is 32.3. The molecule has 0 saturated heterocycles. The van der Waals surface area contributed by atoms with E-state index < -0.39 is 32.1 Å². The standard InChI is InChI=1S/C31H37N5O6S2/c1-19-20(9-8-16-32-19)18-33-31(15-14-30(2,3)4)23-11-7-6-10-22(23)27(37)26(28(31)38)29-34-24-13-12-21(35-43(5,39)40)17-25(24)44(41,42)36-29/h6-13,16-17,33,35,37,41-42H,14-15,18H2,1-5H3,(H,34,36). The monoisotopic (exact) mass is 639 g/mol. The van der Waals surface area contributed by atoms with Gasteiger partial charge in [0.05, 0.1) is 17.6 Å². The van der Waals surface area contributed by atoms with E-state index >= 15 is 0 Å². The lowest BCUT2D eigenvalue weighted by molar-refractivity contribution is -0.122. The van der Waals surface area contributed by atoms with E-state index in [-0.39, 0.29) is 38.9 Å². The van der Waals surface area contributed by atoms with Crippen molar-refractivity contribution in [1.82, 2.24) is 10.3 Å². The van der Waals surface area contributed by atoms with E-state index in [1.54, 1.807) is 18.3 Å². The van der Waals surface area contributed by atoms with E-state index in [2.05, 4.69) is 45.5 Å². The second-order valence-corrected chi connectivity index (χ2v) is 15.7. The number of aliphatic hydroxyl groups is 1. The number of nitrogens with zero attached hydrogens (tertiary/aromatic N) is 2. The number of rotatable bonds is 8. The van der Waals surface area contributed by atoms with Crippen molar-refractivity contribution in [3.63, 3.8) is 0 Å². The SMILES string of the molecule is Cc1ncccc1CNC1(CCC(C)(C)C)C(=O)C(C2=NS(O)(O)c3cc(NS(C)(=O)=O)ccc3N2)=C(O)c2ccccc21. The lowest BCUT2D eigenvalue weighted by Gasteiger charge is -2.42. The Kier molecular flexibility index (Phi) is 8.14. The van der Waals surface area contributed by atoms with E-state index in [1.165, 1.54) is 18.2 Å². The van der Waals surface area contributed by atoms with Crippen molar-refractivity contribution < 1.29 is 27.4 Å². The Bertz CT molecular complexity index is 1810. The molecule has 6 N–H and O–H groups in total. The number of benzene rings is 2. The minimum atomic E-state index is -3.91. The fourth-order valence-corrected chi connectivity index (χ4v) is 7.19. The van der Waals surface area contributed by atoms with Crippen molar-refractivity contribution in [3.8, 4) is 0 Å². The number of aliphatic hydroxyl groups excluding tert-OH is 1. The Morgan fingerprint density at radius 1 is 1.07 bits per heavy atom. The normalized spacial score (nSPS) is 20.2. The zero-order valence-corrected chi connectivity index (χ0v) is 26.8. The van der Waals surface area contributed by atoms with Crippen LogP contribution in [0, 0.1) is 12.3 Å². The van der Waals surface area contributed by atoms with Gasteiger partial charge in [-0.1, -0.05) is 61.9 Å². The molecule has 2 aromatic carbocycles. The van der Waals surface area contributed by atoms with E-state index in [4.69, 9.17) is 0 Å². The van der Waals surface area contributed by atoms with E-state index in [0.29, 0.717) is 30.5 Å². The van der Waals surface area contributed by atoms with Crippen LogP contribution >= 0.6 is 10.8 Å². The molecule has 1 atom stereocenters. The molecule has 5 rings (SSSR count). The van der Waals surface area contributed by atoms with Crippen molar-refractivity contribution in [2.75, 3.05) is 16.3 Å². The molecule has 0 spiro atoms. The van der Waals surface area contributed by atoms with Crippen molar-refractivity contribution in [1.29, 1.82) is 0 Å². The number of carbonyl (C=O) groups is 1. The summed E-state index contributed by atoms with van der Waals surface area (Å²) in [6.07, 6.45) is 3.71. The minimum absolute atomic E-state index is 0.0529. The zero-order valence-electron chi connectivity index (χ0n) is 25.2. The highest BCUT2D eigenvalue weighted by molar-refractivity contribution is 8.23. The summed E-state index contributed by atoms with van der Waals surface area (Å²) in [7, 11) is -7.54. The van der Waals surface area contributed by atoms with Gasteiger partial charge in [-0.15, -0.1) is 4.40 Å². The van der Waals surface area contributed by atoms with Gasteiger partial charge in [0, 0.05) is 24.0 Å². The average Bonchev–Trinajstić information content (AvgIpc) is 2.92. The summed E-state index contributed by atoms with van der Waals surface area (Å²) in [4.78, 5) is 19.2. The number of nitrogens with one attached hydrogen (secondary N) is 3. The molecule has 0 fully saturated rings. The van der Waals surface area contributed by atoms with Crippen LogP contribution in [0.3, 0.4) is 0 Å². The first-order chi connectivity index (χ1) is 20.5. The molecule has 1 unspecified atom stereocenters. The number of pyridine rings is 1. The predicted molar refractivity (Wildman–Crippen MR) is 174 cm³/mol. The van der Waals surface area contributed by atoms with E-state index in [9.17, 15) is 27.4 Å². The van der Waals surface area contributed by atoms with Crippen molar-refractivity contribution in [2.45, 2.75) is 57.5 Å². The van der Waals surface area contributed by atoms with E-state index in [1.807, 2.05) is 31.2 Å². The highest BCUT2D eigenvalue weighted by Crippen LogP contribution is 2.57. The van der Waals surface area contributed by atoms with Gasteiger partial charge >= 0.3 is 0 Å². The third-order valence-corrected chi connectivity index (χ3v) is 9.70. The third kappa shape index (κ3) is 6.24. The van der Waals surface area contributed by atoms with Crippen molar-refractivity contribution >= 4 is 49.6 Å². The molecule has 0 bridgehead atoms. The summed E-state index contributed by atoms with van der Waals surface area (Å²) >= 11 is 0. The molecule has 11 nitrogen and oxygen atoms in total. The zero-order chi connectivity index (χ0) is 32.1. The number of ketones is 1. The van der Waals surface area contributed by atoms with Gasteiger partial charge in [-0.05, 0) is 60.6 Å². The number of amidine groups is 1. The second-order valence-electron chi connectivity index (χ2n) is 12.3. The number of anilines is 2. The molecular weight excluding hydrogens is 603 g/mol. The summed E-state index contributed by atoms with van der Waals surface area (Å²) in [5.41, 5.74) is 1.46. The third-order valence-electron chi connectivity index (χ3n) is 7.73. The number of aromatic nitrogens is 1. The number of hydrogen-bond acceptors (Lipinski definition) is 10. The number of hydrogen-bond donors (Lipinski definition) is 6. The van der Waals surface area contributed by atoms with Crippen LogP contribution < -0.4 is 15.4 Å². The van der Waals surface area contributed by atoms with Gasteiger partial charge in [-0.25, -0.2) is 8.42 Å². The molecule has 13 heteroatoms. The van der Waals surface area contributed by atoms with Crippen LogP contribution in [0.4, 0.5) is 11.4 Å². The minimum Gasteiger partial charge on any atom is -0.506 e. The fraction of sp³-hybridized carbons (Fsp3) is 0.323. The van der Waals surface area contributed by atoms with Crippen LogP contribution in [-0.4, -0.2) is 45.5 Å². The number of aryl methyl sites for hydroxylation is 1. The summed E-state index contributed by atoms with van der Waals surface area (Å²) in [6.45, 7) is 8.47. The maximum Gasteiger partial charge on any atom is 0.229 e. The van der Waals surface area contributed by atoms with Crippen LogP contribution in [0.2, 0.25) is 0 Å².